The second kappa shape index (κ2) is 4.40. The first-order chi connectivity index (χ1) is 7.36. The summed E-state index contributed by atoms with van der Waals surface area (Å²) in [6.45, 7) is 1.91. The Balaban J connectivity index is 2.44. The molecule has 0 bridgehead atoms. The molecule has 1 aromatic rings. The third-order valence-corrected chi connectivity index (χ3v) is 2.34. The number of hydrogen-bond donors (Lipinski definition) is 1. The third kappa shape index (κ3) is 1.85. The van der Waals surface area contributed by atoms with Gasteiger partial charge in [0.05, 0.1) is 12.7 Å². The monoisotopic (exact) mass is 209 g/mol. The molecule has 1 aliphatic heterocycles. The first-order valence-corrected chi connectivity index (χ1v) is 4.97. The minimum atomic E-state index is 0.594. The summed E-state index contributed by atoms with van der Waals surface area (Å²) in [6.07, 6.45) is 0. The summed E-state index contributed by atoms with van der Waals surface area (Å²) in [6, 6.07) is 3.78. The largest absolute Gasteiger partial charge is 0.496 e. The third-order valence-electron chi connectivity index (χ3n) is 2.34. The normalized spacial score (nSPS) is 13.7. The molecule has 0 aliphatic carbocycles. The van der Waals surface area contributed by atoms with Crippen molar-refractivity contribution in [2.45, 2.75) is 6.54 Å². The van der Waals surface area contributed by atoms with Crippen molar-refractivity contribution in [2.75, 3.05) is 27.4 Å². The molecule has 0 atom stereocenters. The first kappa shape index (κ1) is 10.1. The predicted octanol–water partition coefficient (Wildman–Crippen LogP) is 1.19. The lowest BCUT2D eigenvalue weighted by Gasteiger charge is -2.22. The van der Waals surface area contributed by atoms with E-state index in [1.807, 2.05) is 19.2 Å². The van der Waals surface area contributed by atoms with Crippen LogP contribution in [0.1, 0.15) is 5.56 Å². The van der Waals surface area contributed by atoms with Crippen LogP contribution in [0.2, 0.25) is 0 Å². The first-order valence-electron chi connectivity index (χ1n) is 4.97. The molecule has 0 saturated heterocycles. The number of hydrogen-bond acceptors (Lipinski definition) is 4. The molecule has 0 unspecified atom stereocenters. The van der Waals surface area contributed by atoms with E-state index in [0.717, 1.165) is 22.8 Å². The maximum absolute atomic E-state index is 5.60. The van der Waals surface area contributed by atoms with E-state index in [1.54, 1.807) is 7.11 Å². The molecule has 0 amide bonds. The van der Waals surface area contributed by atoms with Gasteiger partial charge in [0.25, 0.3) is 0 Å². The summed E-state index contributed by atoms with van der Waals surface area (Å²) in [4.78, 5) is 0. The van der Waals surface area contributed by atoms with Gasteiger partial charge in [-0.2, -0.15) is 0 Å². The fourth-order valence-electron chi connectivity index (χ4n) is 1.69. The van der Waals surface area contributed by atoms with Crippen LogP contribution >= 0.6 is 0 Å². The zero-order valence-electron chi connectivity index (χ0n) is 9.00. The van der Waals surface area contributed by atoms with Gasteiger partial charge in [-0.25, -0.2) is 0 Å². The number of fused-ring (bicyclic) bond motifs is 1. The summed E-state index contributed by atoms with van der Waals surface area (Å²) in [5, 5.41) is 3.09. The molecule has 4 heteroatoms. The van der Waals surface area contributed by atoms with E-state index in [-0.39, 0.29) is 0 Å². The Bertz CT molecular complexity index is 352. The van der Waals surface area contributed by atoms with Crippen molar-refractivity contribution in [2.24, 2.45) is 0 Å². The molecule has 1 heterocycles. The van der Waals surface area contributed by atoms with Gasteiger partial charge >= 0.3 is 0 Å². The molecular formula is C11H15NO3. The molecule has 0 saturated carbocycles. The summed E-state index contributed by atoms with van der Waals surface area (Å²) >= 11 is 0. The van der Waals surface area contributed by atoms with Gasteiger partial charge in [0.15, 0.2) is 11.5 Å². The number of methoxy groups -OCH3 is 1. The molecule has 1 N–H and O–H groups in total. The van der Waals surface area contributed by atoms with Gasteiger partial charge in [0.2, 0.25) is 0 Å². The lowest BCUT2D eigenvalue weighted by Crippen LogP contribution is -2.18. The summed E-state index contributed by atoms with van der Waals surface area (Å²) < 4.78 is 16.4. The Labute approximate surface area is 89.1 Å². The Hall–Kier alpha value is -1.42. The van der Waals surface area contributed by atoms with Gasteiger partial charge in [-0.3, -0.25) is 0 Å². The standard InChI is InChI=1S/C11H15NO3/c1-12-7-8-9(13-2)3-4-10-11(8)15-6-5-14-10/h3-4,12H,5-7H2,1-2H3. The molecule has 4 nitrogen and oxygen atoms in total. The second-order valence-electron chi connectivity index (χ2n) is 3.30. The van der Waals surface area contributed by atoms with Crippen LogP contribution in [0.5, 0.6) is 17.2 Å². The van der Waals surface area contributed by atoms with Gasteiger partial charge < -0.3 is 19.5 Å². The van der Waals surface area contributed by atoms with E-state index in [0.29, 0.717) is 19.8 Å². The Morgan fingerprint density at radius 2 is 2.13 bits per heavy atom. The Morgan fingerprint density at radius 3 is 2.87 bits per heavy atom. The fourth-order valence-corrected chi connectivity index (χ4v) is 1.69. The van der Waals surface area contributed by atoms with E-state index in [1.165, 1.54) is 0 Å². The van der Waals surface area contributed by atoms with Crippen LogP contribution in [0.4, 0.5) is 0 Å². The number of ether oxygens (including phenoxy) is 3. The van der Waals surface area contributed by atoms with Crippen LogP contribution < -0.4 is 19.5 Å². The van der Waals surface area contributed by atoms with E-state index < -0.39 is 0 Å². The topological polar surface area (TPSA) is 39.7 Å². The highest BCUT2D eigenvalue weighted by Crippen LogP contribution is 2.39. The van der Waals surface area contributed by atoms with Crippen LogP contribution in [-0.2, 0) is 6.54 Å². The molecule has 1 aromatic carbocycles. The smallest absolute Gasteiger partial charge is 0.169 e. The average Bonchev–Trinajstić information content (AvgIpc) is 2.30. The van der Waals surface area contributed by atoms with Crippen molar-refractivity contribution in [1.29, 1.82) is 0 Å². The zero-order chi connectivity index (χ0) is 10.7. The molecule has 0 aromatic heterocycles. The maximum Gasteiger partial charge on any atom is 0.169 e. The van der Waals surface area contributed by atoms with Gasteiger partial charge in [-0.1, -0.05) is 0 Å². The molecular weight excluding hydrogens is 194 g/mol. The summed E-state index contributed by atoms with van der Waals surface area (Å²) in [7, 11) is 3.55. The Kier molecular flexibility index (Phi) is 2.97. The van der Waals surface area contributed by atoms with Gasteiger partial charge in [0, 0.05) is 6.54 Å². The van der Waals surface area contributed by atoms with Crippen LogP contribution in [0, 0.1) is 0 Å². The summed E-state index contributed by atoms with van der Waals surface area (Å²) in [5.41, 5.74) is 1.01. The van der Waals surface area contributed by atoms with Crippen LogP contribution in [-0.4, -0.2) is 27.4 Å². The second-order valence-corrected chi connectivity index (χ2v) is 3.30. The van der Waals surface area contributed by atoms with Crippen molar-refractivity contribution in [3.8, 4) is 17.2 Å². The lowest BCUT2D eigenvalue weighted by molar-refractivity contribution is 0.168. The molecule has 0 radical (unpaired) electrons. The van der Waals surface area contributed by atoms with Crippen LogP contribution in [0.3, 0.4) is 0 Å². The molecule has 0 spiro atoms. The SMILES string of the molecule is CNCc1c(OC)ccc2c1OCCO2. The van der Waals surface area contributed by atoms with Crippen LogP contribution in [0.15, 0.2) is 12.1 Å². The highest BCUT2D eigenvalue weighted by atomic mass is 16.6. The Morgan fingerprint density at radius 1 is 1.33 bits per heavy atom. The minimum Gasteiger partial charge on any atom is -0.496 e. The van der Waals surface area contributed by atoms with Crippen molar-refractivity contribution in [3.05, 3.63) is 17.7 Å². The predicted molar refractivity (Wildman–Crippen MR) is 56.7 cm³/mol. The van der Waals surface area contributed by atoms with Crippen molar-refractivity contribution >= 4 is 0 Å². The quantitative estimate of drug-likeness (QED) is 0.811. The minimum absolute atomic E-state index is 0.594. The van der Waals surface area contributed by atoms with Gasteiger partial charge in [0.1, 0.15) is 19.0 Å². The molecule has 82 valence electrons. The molecule has 15 heavy (non-hydrogen) atoms. The number of rotatable bonds is 3. The van der Waals surface area contributed by atoms with Crippen LogP contribution in [0.25, 0.3) is 0 Å². The highest BCUT2D eigenvalue weighted by molar-refractivity contribution is 5.54. The van der Waals surface area contributed by atoms with Crippen molar-refractivity contribution in [3.63, 3.8) is 0 Å². The molecule has 0 fully saturated rings. The fraction of sp³-hybridized carbons (Fsp3) is 0.455. The summed E-state index contributed by atoms with van der Waals surface area (Å²) in [5.74, 6) is 2.43. The maximum atomic E-state index is 5.60. The number of nitrogens with one attached hydrogen (secondary N) is 1. The van der Waals surface area contributed by atoms with Gasteiger partial charge in [-0.15, -0.1) is 0 Å². The van der Waals surface area contributed by atoms with E-state index in [4.69, 9.17) is 14.2 Å². The van der Waals surface area contributed by atoms with Crippen molar-refractivity contribution in [1.82, 2.24) is 5.32 Å². The zero-order valence-corrected chi connectivity index (χ0v) is 9.00. The van der Waals surface area contributed by atoms with E-state index in [2.05, 4.69) is 5.32 Å². The van der Waals surface area contributed by atoms with Crippen molar-refractivity contribution < 1.29 is 14.2 Å². The molecule has 2 rings (SSSR count). The van der Waals surface area contributed by atoms with E-state index in [9.17, 15) is 0 Å². The highest BCUT2D eigenvalue weighted by Gasteiger charge is 2.19. The van der Waals surface area contributed by atoms with E-state index >= 15 is 0 Å². The lowest BCUT2D eigenvalue weighted by atomic mass is 10.1. The molecule has 1 aliphatic rings. The average molecular weight is 209 g/mol. The number of benzene rings is 1. The van der Waals surface area contributed by atoms with Gasteiger partial charge in [-0.05, 0) is 19.2 Å².